The minimum atomic E-state index is 1.08. The van der Waals surface area contributed by atoms with Gasteiger partial charge in [0.2, 0.25) is 0 Å². The van der Waals surface area contributed by atoms with Crippen molar-refractivity contribution in [2.24, 2.45) is 5.10 Å². The molecule has 0 saturated heterocycles. The highest BCUT2D eigenvalue weighted by molar-refractivity contribution is 6.17. The Morgan fingerprint density at radius 3 is 3.62 bits per heavy atom. The molecule has 1 N–H and O–H groups in total. The fraction of sp³-hybridized carbons (Fsp3) is 0.167. The molecule has 0 radical (unpaired) electrons. The van der Waals surface area contributed by atoms with Crippen LogP contribution in [-0.2, 0) is 0 Å². The summed E-state index contributed by atoms with van der Waals surface area (Å²) in [5.74, 6) is 0. The van der Waals surface area contributed by atoms with Gasteiger partial charge < -0.3 is 0 Å². The van der Waals surface area contributed by atoms with Gasteiger partial charge in [0.05, 0.1) is 5.71 Å². The molecule has 2 aliphatic rings. The molecule has 40 valence electrons. The van der Waals surface area contributed by atoms with E-state index in [1.165, 1.54) is 11.3 Å². The summed E-state index contributed by atoms with van der Waals surface area (Å²) in [4.78, 5) is 0. The molecule has 2 rings (SSSR count). The van der Waals surface area contributed by atoms with Gasteiger partial charge >= 0.3 is 0 Å². The topological polar surface area (TPSA) is 24.4 Å². The number of allylic oxidation sites excluding steroid dienone is 3. The summed E-state index contributed by atoms with van der Waals surface area (Å²) in [5, 5.41) is 4.01. The Kier molecular flexibility index (Phi) is 0.592. The molecule has 1 heterocycles. The highest BCUT2D eigenvalue weighted by Gasteiger charge is 2.22. The first-order chi connectivity index (χ1) is 3.97. The lowest BCUT2D eigenvalue weighted by Gasteiger charge is -1.80. The quantitative estimate of drug-likeness (QED) is 0.485. The molecule has 1 fully saturated rings. The summed E-state index contributed by atoms with van der Waals surface area (Å²) in [5.41, 5.74) is 5.36. The molecule has 0 aromatic heterocycles. The Morgan fingerprint density at radius 2 is 2.62 bits per heavy atom. The fourth-order valence-corrected chi connectivity index (χ4v) is 0.725. The Hall–Kier alpha value is -1.05. The van der Waals surface area contributed by atoms with Gasteiger partial charge in [-0.15, -0.1) is 0 Å². The van der Waals surface area contributed by atoms with Gasteiger partial charge in [-0.05, 0) is 11.6 Å². The number of hydrogen-bond donors (Lipinski definition) is 1. The van der Waals surface area contributed by atoms with Crippen LogP contribution in [0.15, 0.2) is 29.0 Å². The standard InChI is InChI=1S/C6H6N2/c1-2-5-4-6(5)8-7-3-1/h1-3,7H,4H2. The third-order valence-corrected chi connectivity index (χ3v) is 1.27. The number of nitrogens with one attached hydrogen (secondary N) is 1. The van der Waals surface area contributed by atoms with Crippen LogP contribution in [0.3, 0.4) is 0 Å². The lowest BCUT2D eigenvalue weighted by atomic mass is 10.5. The molecule has 1 aliphatic heterocycles. The Labute approximate surface area is 47.6 Å². The lowest BCUT2D eigenvalue weighted by molar-refractivity contribution is 0.974. The van der Waals surface area contributed by atoms with Gasteiger partial charge in [0.25, 0.3) is 0 Å². The third-order valence-electron chi connectivity index (χ3n) is 1.27. The number of nitrogens with zero attached hydrogens (tertiary/aromatic N) is 1. The smallest absolute Gasteiger partial charge is 0.0687 e. The molecule has 1 aliphatic carbocycles. The average Bonchev–Trinajstić information content (AvgIpc) is 2.36. The van der Waals surface area contributed by atoms with Crippen LogP contribution in [0.4, 0.5) is 0 Å². The van der Waals surface area contributed by atoms with Crippen LogP contribution < -0.4 is 5.43 Å². The van der Waals surface area contributed by atoms with Gasteiger partial charge in [0.15, 0.2) is 0 Å². The predicted molar refractivity (Wildman–Crippen MR) is 32.4 cm³/mol. The van der Waals surface area contributed by atoms with Gasteiger partial charge in [-0.2, -0.15) is 5.10 Å². The number of hydrogen-bond acceptors (Lipinski definition) is 2. The van der Waals surface area contributed by atoms with Crippen molar-refractivity contribution in [2.75, 3.05) is 0 Å². The maximum absolute atomic E-state index is 4.01. The van der Waals surface area contributed by atoms with Gasteiger partial charge in [-0.25, -0.2) is 0 Å². The van der Waals surface area contributed by atoms with Crippen LogP contribution in [0.25, 0.3) is 0 Å². The van der Waals surface area contributed by atoms with E-state index in [0.717, 1.165) is 6.42 Å². The molecule has 0 unspecified atom stereocenters. The van der Waals surface area contributed by atoms with Gasteiger partial charge in [0, 0.05) is 12.6 Å². The lowest BCUT2D eigenvalue weighted by Crippen LogP contribution is -1.90. The summed E-state index contributed by atoms with van der Waals surface area (Å²) < 4.78 is 0. The largest absolute Gasteiger partial charge is 0.286 e. The van der Waals surface area contributed by atoms with Gasteiger partial charge in [-0.3, -0.25) is 5.43 Å². The molecule has 0 aromatic rings. The predicted octanol–water partition coefficient (Wildman–Crippen LogP) is 0.789. The second kappa shape index (κ2) is 1.22. The van der Waals surface area contributed by atoms with Crippen molar-refractivity contribution in [1.29, 1.82) is 0 Å². The summed E-state index contributed by atoms with van der Waals surface area (Å²) in [6, 6.07) is 0. The minimum Gasteiger partial charge on any atom is -0.286 e. The molecule has 8 heavy (non-hydrogen) atoms. The van der Waals surface area contributed by atoms with Crippen molar-refractivity contribution < 1.29 is 0 Å². The monoisotopic (exact) mass is 106 g/mol. The van der Waals surface area contributed by atoms with E-state index in [1.807, 2.05) is 12.3 Å². The summed E-state index contributed by atoms with van der Waals surface area (Å²) in [6.45, 7) is 0. The van der Waals surface area contributed by atoms with Crippen LogP contribution in [0, 0.1) is 0 Å². The molecular weight excluding hydrogens is 100 g/mol. The minimum absolute atomic E-state index is 1.08. The zero-order valence-electron chi connectivity index (χ0n) is 4.39. The SMILES string of the molecule is C1=CNN=C2CC2=C1. The van der Waals surface area contributed by atoms with Crippen LogP contribution in [0.1, 0.15) is 6.42 Å². The maximum atomic E-state index is 4.01. The fourth-order valence-electron chi connectivity index (χ4n) is 0.725. The van der Waals surface area contributed by atoms with Gasteiger partial charge in [0.1, 0.15) is 0 Å². The highest BCUT2D eigenvalue weighted by atomic mass is 15.3. The molecule has 0 atom stereocenters. The van der Waals surface area contributed by atoms with E-state index in [0.29, 0.717) is 0 Å². The first-order valence-electron chi connectivity index (χ1n) is 2.65. The number of rotatable bonds is 0. The summed E-state index contributed by atoms with van der Waals surface area (Å²) >= 11 is 0. The highest BCUT2D eigenvalue weighted by Crippen LogP contribution is 2.24. The molecular formula is C6H6N2. The van der Waals surface area contributed by atoms with Crippen LogP contribution in [0.5, 0.6) is 0 Å². The molecule has 0 bridgehead atoms. The van der Waals surface area contributed by atoms with Crippen LogP contribution in [0.2, 0.25) is 0 Å². The van der Waals surface area contributed by atoms with Gasteiger partial charge in [-0.1, -0.05) is 6.08 Å². The van der Waals surface area contributed by atoms with E-state index in [4.69, 9.17) is 0 Å². The zero-order chi connectivity index (χ0) is 5.40. The normalized spacial score (nSPS) is 22.0. The van der Waals surface area contributed by atoms with Crippen molar-refractivity contribution in [3.63, 3.8) is 0 Å². The molecule has 1 saturated carbocycles. The first kappa shape index (κ1) is 3.89. The number of fused-ring (bicyclic) bond motifs is 1. The molecule has 2 heteroatoms. The van der Waals surface area contributed by atoms with E-state index in [9.17, 15) is 0 Å². The van der Waals surface area contributed by atoms with E-state index in [2.05, 4.69) is 16.6 Å². The van der Waals surface area contributed by atoms with E-state index < -0.39 is 0 Å². The van der Waals surface area contributed by atoms with Crippen molar-refractivity contribution >= 4 is 5.71 Å². The molecule has 0 aromatic carbocycles. The second-order valence-electron chi connectivity index (χ2n) is 1.92. The average molecular weight is 106 g/mol. The van der Waals surface area contributed by atoms with E-state index in [1.54, 1.807) is 0 Å². The van der Waals surface area contributed by atoms with Crippen molar-refractivity contribution in [2.45, 2.75) is 6.42 Å². The molecule has 2 nitrogen and oxygen atoms in total. The number of hydrazone groups is 1. The van der Waals surface area contributed by atoms with Crippen LogP contribution >= 0.6 is 0 Å². The van der Waals surface area contributed by atoms with Crippen molar-refractivity contribution in [3.05, 3.63) is 23.9 Å². The molecule has 0 amide bonds. The Balaban J connectivity index is 2.39. The third kappa shape index (κ3) is 0.461. The molecule has 0 spiro atoms. The Morgan fingerprint density at radius 1 is 1.62 bits per heavy atom. The van der Waals surface area contributed by atoms with E-state index in [-0.39, 0.29) is 0 Å². The van der Waals surface area contributed by atoms with E-state index >= 15 is 0 Å². The van der Waals surface area contributed by atoms with Crippen molar-refractivity contribution in [3.8, 4) is 0 Å². The second-order valence-corrected chi connectivity index (χ2v) is 1.92. The summed E-state index contributed by atoms with van der Waals surface area (Å²) in [6.07, 6.45) is 6.96. The Bertz CT molecular complexity index is 199. The van der Waals surface area contributed by atoms with Crippen LogP contribution in [-0.4, -0.2) is 5.71 Å². The first-order valence-corrected chi connectivity index (χ1v) is 2.65. The zero-order valence-corrected chi connectivity index (χ0v) is 4.39. The maximum Gasteiger partial charge on any atom is 0.0687 e. The van der Waals surface area contributed by atoms with Crippen molar-refractivity contribution in [1.82, 2.24) is 5.43 Å². The summed E-state index contributed by atoms with van der Waals surface area (Å²) in [7, 11) is 0.